The molecule has 0 amide bonds. The first-order chi connectivity index (χ1) is 4.09. The molecule has 54 valence electrons. The molecule has 2 unspecified atom stereocenters. The molecule has 2 atom stereocenters. The van der Waals surface area contributed by atoms with Crippen molar-refractivity contribution in [2.75, 3.05) is 6.61 Å². The van der Waals surface area contributed by atoms with Gasteiger partial charge in [-0.2, -0.15) is 12.6 Å². The second-order valence-corrected chi connectivity index (χ2v) is 2.50. The Hall–Kier alpha value is -0.220. The largest absolute Gasteiger partial charge is 0.480 e. The van der Waals surface area contributed by atoms with Crippen LogP contribution >= 0.6 is 12.6 Å². The molecule has 0 radical (unpaired) electrons. The lowest BCUT2D eigenvalue weighted by atomic mass is 10.1. The van der Waals surface area contributed by atoms with Gasteiger partial charge in [0.25, 0.3) is 0 Å². The van der Waals surface area contributed by atoms with E-state index in [1.165, 1.54) is 0 Å². The molecule has 0 aliphatic carbocycles. The smallest absolute Gasteiger partial charge is 0.316 e. The molecule has 0 fully saturated rings. The Morgan fingerprint density at radius 2 is 2.22 bits per heavy atom. The average molecular weight is 150 g/mol. The maximum absolute atomic E-state index is 10.1. The zero-order valence-corrected chi connectivity index (χ0v) is 6.01. The highest BCUT2D eigenvalue weighted by Gasteiger charge is 2.18. The fourth-order valence-electron chi connectivity index (χ4n) is 0.343. The molecule has 0 spiro atoms. The fourth-order valence-corrected chi connectivity index (χ4v) is 0.438. The Morgan fingerprint density at radius 1 is 1.78 bits per heavy atom. The molecule has 0 bridgehead atoms. The van der Waals surface area contributed by atoms with Crippen LogP contribution in [0.1, 0.15) is 6.92 Å². The summed E-state index contributed by atoms with van der Waals surface area (Å²) in [5.74, 6) is -1.27. The molecule has 0 aromatic carbocycles. The quantitative estimate of drug-likeness (QED) is 0.496. The zero-order valence-electron chi connectivity index (χ0n) is 5.11. The van der Waals surface area contributed by atoms with Crippen LogP contribution in [0.3, 0.4) is 0 Å². The Bertz CT molecular complexity index is 104. The van der Waals surface area contributed by atoms with E-state index in [0.29, 0.717) is 0 Å². The maximum atomic E-state index is 10.1. The van der Waals surface area contributed by atoms with Crippen molar-refractivity contribution in [3.8, 4) is 0 Å². The van der Waals surface area contributed by atoms with Crippen molar-refractivity contribution in [3.05, 3.63) is 0 Å². The minimum absolute atomic E-state index is 0.138. The van der Waals surface area contributed by atoms with Crippen LogP contribution in [0.15, 0.2) is 0 Å². The summed E-state index contributed by atoms with van der Waals surface area (Å²) in [4.78, 5) is 10.1. The number of carboxylic acids is 1. The van der Waals surface area contributed by atoms with Gasteiger partial charge in [0.15, 0.2) is 0 Å². The molecule has 0 saturated heterocycles. The van der Waals surface area contributed by atoms with Gasteiger partial charge in [-0.3, -0.25) is 4.79 Å². The van der Waals surface area contributed by atoms with Crippen LogP contribution in [0.25, 0.3) is 0 Å². The van der Waals surface area contributed by atoms with Crippen molar-refractivity contribution in [1.82, 2.24) is 0 Å². The lowest BCUT2D eigenvalue weighted by Gasteiger charge is -2.10. The monoisotopic (exact) mass is 150 g/mol. The van der Waals surface area contributed by atoms with E-state index in [1.54, 1.807) is 6.92 Å². The highest BCUT2D eigenvalue weighted by Crippen LogP contribution is 2.08. The first-order valence-corrected chi connectivity index (χ1v) is 3.13. The highest BCUT2D eigenvalue weighted by molar-refractivity contribution is 7.81. The normalized spacial score (nSPS) is 16.8. The van der Waals surface area contributed by atoms with E-state index in [0.717, 1.165) is 0 Å². The third-order valence-corrected chi connectivity index (χ3v) is 1.81. The van der Waals surface area contributed by atoms with Crippen LogP contribution in [0.2, 0.25) is 0 Å². The average Bonchev–Trinajstić information content (AvgIpc) is 1.84. The van der Waals surface area contributed by atoms with Crippen LogP contribution in [-0.4, -0.2) is 28.0 Å². The van der Waals surface area contributed by atoms with Crippen LogP contribution in [0.5, 0.6) is 0 Å². The highest BCUT2D eigenvalue weighted by atomic mass is 32.1. The van der Waals surface area contributed by atoms with Crippen molar-refractivity contribution in [2.24, 2.45) is 5.92 Å². The number of thiol groups is 1. The predicted molar refractivity (Wildman–Crippen MR) is 36.7 cm³/mol. The van der Waals surface area contributed by atoms with Gasteiger partial charge >= 0.3 is 5.97 Å². The molecule has 0 rings (SSSR count). The number of aliphatic carboxylic acids is 1. The number of hydrogen-bond acceptors (Lipinski definition) is 3. The van der Waals surface area contributed by atoms with E-state index in [9.17, 15) is 4.79 Å². The number of aliphatic hydroxyl groups excluding tert-OH is 1. The van der Waals surface area contributed by atoms with Crippen LogP contribution in [0.4, 0.5) is 0 Å². The molecular weight excluding hydrogens is 140 g/mol. The van der Waals surface area contributed by atoms with Gasteiger partial charge in [-0.25, -0.2) is 0 Å². The van der Waals surface area contributed by atoms with Crippen molar-refractivity contribution < 1.29 is 15.0 Å². The summed E-state index contributed by atoms with van der Waals surface area (Å²) in [6, 6.07) is 0. The van der Waals surface area contributed by atoms with Crippen LogP contribution in [0, 0.1) is 5.92 Å². The topological polar surface area (TPSA) is 57.5 Å². The Labute approximate surface area is 59.1 Å². The first kappa shape index (κ1) is 8.78. The third kappa shape index (κ3) is 2.72. The van der Waals surface area contributed by atoms with Gasteiger partial charge in [-0.1, -0.05) is 6.92 Å². The van der Waals surface area contributed by atoms with E-state index < -0.39 is 11.2 Å². The van der Waals surface area contributed by atoms with Crippen molar-refractivity contribution in [1.29, 1.82) is 0 Å². The van der Waals surface area contributed by atoms with Gasteiger partial charge in [0, 0.05) is 12.5 Å². The van der Waals surface area contributed by atoms with Crippen LogP contribution < -0.4 is 0 Å². The molecule has 3 nitrogen and oxygen atoms in total. The van der Waals surface area contributed by atoms with Gasteiger partial charge in [0.05, 0.1) is 0 Å². The van der Waals surface area contributed by atoms with Crippen molar-refractivity contribution in [3.63, 3.8) is 0 Å². The van der Waals surface area contributed by atoms with Gasteiger partial charge in [0.2, 0.25) is 0 Å². The molecule has 0 aliphatic heterocycles. The molecule has 2 N–H and O–H groups in total. The van der Waals surface area contributed by atoms with Gasteiger partial charge in [-0.05, 0) is 0 Å². The number of aliphatic hydroxyl groups is 1. The summed E-state index contributed by atoms with van der Waals surface area (Å²) >= 11 is 3.74. The molecule has 0 saturated carbocycles. The summed E-state index contributed by atoms with van der Waals surface area (Å²) in [5, 5.41) is 16.0. The van der Waals surface area contributed by atoms with Crippen LogP contribution in [-0.2, 0) is 4.79 Å². The van der Waals surface area contributed by atoms with E-state index in [4.69, 9.17) is 10.2 Å². The number of rotatable bonds is 3. The molecule has 0 aromatic rings. The number of hydrogen-bond donors (Lipinski definition) is 3. The van der Waals surface area contributed by atoms with E-state index in [1.807, 2.05) is 0 Å². The minimum atomic E-state index is -0.986. The number of carboxylic acid groups (broad SMARTS) is 1. The summed E-state index contributed by atoms with van der Waals surface area (Å²) in [6.07, 6.45) is 0. The summed E-state index contributed by atoms with van der Waals surface area (Å²) in [6.45, 7) is 1.49. The Morgan fingerprint density at radius 3 is 2.33 bits per heavy atom. The van der Waals surface area contributed by atoms with Gasteiger partial charge in [0.1, 0.15) is 5.25 Å². The molecular formula is C5H10O3S. The van der Waals surface area contributed by atoms with Gasteiger partial charge < -0.3 is 10.2 Å². The van der Waals surface area contributed by atoms with Crippen molar-refractivity contribution >= 4 is 18.6 Å². The van der Waals surface area contributed by atoms with Gasteiger partial charge in [-0.15, -0.1) is 0 Å². The molecule has 0 aromatic heterocycles. The minimum Gasteiger partial charge on any atom is -0.480 e. The lowest BCUT2D eigenvalue weighted by molar-refractivity contribution is -0.137. The molecule has 9 heavy (non-hydrogen) atoms. The standard InChI is InChI=1S/C5H10O3S/c1-3(2-6)4(9)5(7)8/h3-4,6,9H,2H2,1H3,(H,7,8). The number of carbonyl (C=O) groups is 1. The van der Waals surface area contributed by atoms with E-state index in [2.05, 4.69) is 12.6 Å². The molecule has 0 aliphatic rings. The second kappa shape index (κ2) is 3.74. The van der Waals surface area contributed by atoms with Crippen molar-refractivity contribution in [2.45, 2.75) is 12.2 Å². The Balaban J connectivity index is 3.72. The summed E-state index contributed by atoms with van der Waals surface area (Å²) in [7, 11) is 0. The SMILES string of the molecule is CC(CO)C(S)C(=O)O. The predicted octanol–water partition coefficient (Wildman–Crippen LogP) is -0.00220. The third-order valence-electron chi connectivity index (χ3n) is 1.08. The first-order valence-electron chi connectivity index (χ1n) is 2.61. The zero-order chi connectivity index (χ0) is 7.44. The lowest BCUT2D eigenvalue weighted by Crippen LogP contribution is -2.24. The fraction of sp³-hybridized carbons (Fsp3) is 0.800. The van der Waals surface area contributed by atoms with E-state index >= 15 is 0 Å². The van der Waals surface area contributed by atoms with E-state index in [-0.39, 0.29) is 12.5 Å². The second-order valence-electron chi connectivity index (χ2n) is 1.94. The molecule has 4 heteroatoms. The summed E-state index contributed by atoms with van der Waals surface area (Å²) in [5.41, 5.74) is 0. The summed E-state index contributed by atoms with van der Waals surface area (Å²) < 4.78 is 0. The maximum Gasteiger partial charge on any atom is 0.316 e. The molecule has 0 heterocycles. The Kier molecular flexibility index (Phi) is 3.65.